The zero-order valence-corrected chi connectivity index (χ0v) is 20.8. The van der Waals surface area contributed by atoms with Crippen molar-refractivity contribution >= 4 is 28.4 Å². The van der Waals surface area contributed by atoms with Gasteiger partial charge in [-0.3, -0.25) is 4.79 Å². The van der Waals surface area contributed by atoms with E-state index in [4.69, 9.17) is 4.74 Å². The normalized spacial score (nSPS) is 14.2. The van der Waals surface area contributed by atoms with Crippen LogP contribution in [-0.2, 0) is 21.1 Å². The van der Waals surface area contributed by atoms with E-state index in [1.54, 1.807) is 36.4 Å². The number of benzene rings is 3. The van der Waals surface area contributed by atoms with E-state index in [0.29, 0.717) is 17.7 Å². The Labute approximate surface area is 207 Å². The first-order valence-corrected chi connectivity index (χ1v) is 13.3. The quantitative estimate of drug-likeness (QED) is 0.250. The minimum absolute atomic E-state index is 0.0844. The number of aryl methyl sites for hydroxylation is 1. The van der Waals surface area contributed by atoms with Gasteiger partial charge in [-0.15, -0.1) is 0 Å². The molecule has 3 aromatic rings. The number of methoxy groups -OCH3 is 1. The van der Waals surface area contributed by atoms with Gasteiger partial charge in [0.05, 0.1) is 23.2 Å². The zero-order chi connectivity index (χ0) is 24.6. The molecule has 0 fully saturated rings. The van der Waals surface area contributed by atoms with Crippen molar-refractivity contribution in [2.45, 2.75) is 41.1 Å². The predicted molar refractivity (Wildman–Crippen MR) is 137 cm³/mol. The molecule has 0 heterocycles. The number of carbonyl (C=O) groups is 1. The molecule has 3 aromatic carbocycles. The van der Waals surface area contributed by atoms with Crippen molar-refractivity contribution in [3.05, 3.63) is 96.1 Å². The van der Waals surface area contributed by atoms with Gasteiger partial charge in [0.15, 0.2) is 9.84 Å². The topological polar surface area (TPSA) is 80.7 Å². The van der Waals surface area contributed by atoms with E-state index in [1.165, 1.54) is 24.8 Å². The van der Waals surface area contributed by atoms with Crippen LogP contribution < -0.4 is 4.74 Å². The number of aliphatic carboxylic acids is 1. The monoisotopic (exact) mass is 498 g/mol. The highest BCUT2D eigenvalue weighted by Gasteiger charge is 2.42. The van der Waals surface area contributed by atoms with Crippen LogP contribution in [0.15, 0.2) is 89.8 Å². The van der Waals surface area contributed by atoms with Crippen molar-refractivity contribution in [2.75, 3.05) is 7.11 Å². The molecule has 0 spiro atoms. The molecule has 3 unspecified atom stereocenters. The first-order valence-electron chi connectivity index (χ1n) is 11.2. The van der Waals surface area contributed by atoms with Crippen LogP contribution >= 0.6 is 12.6 Å². The smallest absolute Gasteiger partial charge is 0.309 e. The van der Waals surface area contributed by atoms with E-state index < -0.39 is 32.2 Å². The molecule has 0 bridgehead atoms. The third-order valence-corrected chi connectivity index (χ3v) is 8.88. The molecule has 0 aliphatic rings. The van der Waals surface area contributed by atoms with Crippen LogP contribution in [0.5, 0.6) is 5.75 Å². The van der Waals surface area contributed by atoms with E-state index in [-0.39, 0.29) is 11.3 Å². The Kier molecular flexibility index (Phi) is 9.19. The maximum Gasteiger partial charge on any atom is 0.309 e. The standard InChI is InChI=1S/C27H30O5S2/c1-32-22-16-18-23(19-17-22)34(30,31)24(15-9-8-12-20-10-4-2-5-11-20)25(27(28)29)26(33)21-13-6-3-7-14-21/h2-7,10-11,13-14,16-19,24-26,33H,8-9,12,15H2,1H3,(H,28,29). The van der Waals surface area contributed by atoms with Crippen LogP contribution in [0.2, 0.25) is 0 Å². The number of unbranched alkanes of at least 4 members (excludes halogenated alkanes) is 1. The SMILES string of the molecule is COc1ccc(S(=O)(=O)C(CCCCc2ccccc2)C(C(=O)O)C(S)c2ccccc2)cc1. The van der Waals surface area contributed by atoms with E-state index in [1.807, 2.05) is 36.4 Å². The first kappa shape index (κ1) is 25.8. The molecule has 3 rings (SSSR count). The lowest BCUT2D eigenvalue weighted by atomic mass is 9.92. The summed E-state index contributed by atoms with van der Waals surface area (Å²) in [7, 11) is -2.45. The summed E-state index contributed by atoms with van der Waals surface area (Å²) in [5.74, 6) is -1.85. The van der Waals surface area contributed by atoms with Gasteiger partial charge in [-0.1, -0.05) is 67.1 Å². The Morgan fingerprint density at radius 1 is 0.912 bits per heavy atom. The largest absolute Gasteiger partial charge is 0.497 e. The second-order valence-electron chi connectivity index (χ2n) is 8.21. The van der Waals surface area contributed by atoms with Gasteiger partial charge in [0.1, 0.15) is 5.75 Å². The van der Waals surface area contributed by atoms with Gasteiger partial charge in [-0.25, -0.2) is 8.42 Å². The molecule has 0 aliphatic carbocycles. The molecular formula is C27H30O5S2. The second-order valence-corrected chi connectivity index (χ2v) is 10.9. The number of carboxylic acid groups (broad SMARTS) is 1. The fraction of sp³-hybridized carbons (Fsp3) is 0.296. The number of sulfone groups is 1. The minimum Gasteiger partial charge on any atom is -0.497 e. The first-order chi connectivity index (χ1) is 16.3. The summed E-state index contributed by atoms with van der Waals surface area (Å²) < 4.78 is 32.6. The third kappa shape index (κ3) is 6.42. The summed E-state index contributed by atoms with van der Waals surface area (Å²) in [5, 5.41) is 8.27. The molecule has 7 heteroatoms. The molecule has 0 saturated heterocycles. The van der Waals surface area contributed by atoms with Gasteiger partial charge in [-0.2, -0.15) is 12.6 Å². The van der Waals surface area contributed by atoms with Crippen molar-refractivity contribution in [1.82, 2.24) is 0 Å². The van der Waals surface area contributed by atoms with Gasteiger partial charge in [-0.05, 0) is 54.7 Å². The fourth-order valence-corrected chi connectivity index (χ4v) is 6.77. The molecule has 5 nitrogen and oxygen atoms in total. The summed E-state index contributed by atoms with van der Waals surface area (Å²) in [6.45, 7) is 0. The maximum atomic E-state index is 13.7. The number of hydrogen-bond acceptors (Lipinski definition) is 5. The van der Waals surface area contributed by atoms with Crippen molar-refractivity contribution in [1.29, 1.82) is 0 Å². The molecular weight excluding hydrogens is 468 g/mol. The zero-order valence-electron chi connectivity index (χ0n) is 19.1. The van der Waals surface area contributed by atoms with Crippen molar-refractivity contribution in [3.63, 3.8) is 0 Å². The lowest BCUT2D eigenvalue weighted by Gasteiger charge is -2.28. The molecule has 180 valence electrons. The maximum absolute atomic E-state index is 13.7. The Morgan fingerprint density at radius 2 is 1.50 bits per heavy atom. The van der Waals surface area contributed by atoms with Gasteiger partial charge in [0.2, 0.25) is 0 Å². The van der Waals surface area contributed by atoms with Gasteiger partial charge in [0.25, 0.3) is 0 Å². The highest BCUT2D eigenvalue weighted by molar-refractivity contribution is 7.92. The Balaban J connectivity index is 1.90. The van der Waals surface area contributed by atoms with E-state index >= 15 is 0 Å². The molecule has 3 atom stereocenters. The van der Waals surface area contributed by atoms with Crippen molar-refractivity contribution < 1.29 is 23.1 Å². The summed E-state index contributed by atoms with van der Waals surface area (Å²) in [5.41, 5.74) is 1.85. The summed E-state index contributed by atoms with van der Waals surface area (Å²) in [6.07, 6.45) is 2.36. The van der Waals surface area contributed by atoms with Crippen LogP contribution in [0, 0.1) is 5.92 Å². The van der Waals surface area contributed by atoms with E-state index in [2.05, 4.69) is 12.6 Å². The van der Waals surface area contributed by atoms with Crippen LogP contribution in [-0.4, -0.2) is 31.9 Å². The molecule has 0 amide bonds. The highest BCUT2D eigenvalue weighted by atomic mass is 32.2. The van der Waals surface area contributed by atoms with Crippen LogP contribution in [0.4, 0.5) is 0 Å². The Hall–Kier alpha value is -2.77. The molecule has 0 aromatic heterocycles. The van der Waals surface area contributed by atoms with E-state index in [9.17, 15) is 18.3 Å². The molecule has 1 N–H and O–H groups in total. The lowest BCUT2D eigenvalue weighted by molar-refractivity contribution is -0.141. The Morgan fingerprint density at radius 3 is 2.06 bits per heavy atom. The van der Waals surface area contributed by atoms with Crippen LogP contribution in [0.25, 0.3) is 0 Å². The van der Waals surface area contributed by atoms with Gasteiger partial charge in [0, 0.05) is 5.25 Å². The summed E-state index contributed by atoms with van der Waals surface area (Å²) in [4.78, 5) is 12.5. The van der Waals surface area contributed by atoms with Crippen molar-refractivity contribution in [2.24, 2.45) is 5.92 Å². The van der Waals surface area contributed by atoms with Gasteiger partial charge < -0.3 is 9.84 Å². The van der Waals surface area contributed by atoms with Crippen LogP contribution in [0.1, 0.15) is 35.6 Å². The molecule has 0 radical (unpaired) electrons. The fourth-order valence-electron chi connectivity index (χ4n) is 4.14. The van der Waals surface area contributed by atoms with E-state index in [0.717, 1.165) is 12.8 Å². The molecule has 34 heavy (non-hydrogen) atoms. The number of rotatable bonds is 12. The van der Waals surface area contributed by atoms with Crippen LogP contribution in [0.3, 0.4) is 0 Å². The lowest BCUT2D eigenvalue weighted by Crippen LogP contribution is -2.38. The molecule has 0 saturated carbocycles. The highest BCUT2D eigenvalue weighted by Crippen LogP contribution is 2.38. The molecule has 0 aliphatic heterocycles. The second kappa shape index (κ2) is 12.1. The summed E-state index contributed by atoms with van der Waals surface area (Å²) in [6, 6.07) is 25.0. The van der Waals surface area contributed by atoms with Crippen molar-refractivity contribution in [3.8, 4) is 5.75 Å². The minimum atomic E-state index is -3.95. The third-order valence-electron chi connectivity index (χ3n) is 6.00. The number of thiol groups is 1. The average molecular weight is 499 g/mol. The average Bonchev–Trinajstić information content (AvgIpc) is 2.86. The van der Waals surface area contributed by atoms with Gasteiger partial charge >= 0.3 is 5.97 Å². The number of carboxylic acids is 1. The Bertz CT molecular complexity index is 1150. The predicted octanol–water partition coefficient (Wildman–Crippen LogP) is 5.62. The summed E-state index contributed by atoms with van der Waals surface area (Å²) >= 11 is 4.61. The number of ether oxygens (including phenoxy) is 1. The number of hydrogen-bond donors (Lipinski definition) is 2.